The van der Waals surface area contributed by atoms with E-state index in [0.29, 0.717) is 6.54 Å². The Balaban J connectivity index is 1.91. The predicted octanol–water partition coefficient (Wildman–Crippen LogP) is 2.22. The van der Waals surface area contributed by atoms with Crippen LogP contribution >= 0.6 is 11.8 Å². The molecule has 2 N–H and O–H groups in total. The number of aromatic nitrogens is 2. The molecular formula is C11H17N3S. The van der Waals surface area contributed by atoms with Crippen LogP contribution in [0.2, 0.25) is 0 Å². The highest BCUT2D eigenvalue weighted by Crippen LogP contribution is 2.30. The standard InChI is InChI=1S/C11H17N3S/c12-7-10-5-6-13-14-11(10)15-8-9-3-1-2-4-9/h5-6,9H,1-4,7-8,12H2. The summed E-state index contributed by atoms with van der Waals surface area (Å²) in [6.07, 6.45) is 7.27. The molecule has 0 atom stereocenters. The summed E-state index contributed by atoms with van der Waals surface area (Å²) in [5.41, 5.74) is 6.77. The summed E-state index contributed by atoms with van der Waals surface area (Å²) in [5.74, 6) is 2.05. The number of hydrogen-bond donors (Lipinski definition) is 1. The van der Waals surface area contributed by atoms with E-state index in [1.54, 1.807) is 6.20 Å². The summed E-state index contributed by atoms with van der Waals surface area (Å²) in [7, 11) is 0. The highest BCUT2D eigenvalue weighted by atomic mass is 32.2. The van der Waals surface area contributed by atoms with Gasteiger partial charge in [-0.2, -0.15) is 5.10 Å². The Bertz CT molecular complexity index is 310. The highest BCUT2D eigenvalue weighted by molar-refractivity contribution is 7.99. The maximum atomic E-state index is 5.65. The molecule has 15 heavy (non-hydrogen) atoms. The molecular weight excluding hydrogens is 206 g/mol. The van der Waals surface area contributed by atoms with Gasteiger partial charge in [0.15, 0.2) is 0 Å². The number of nitrogens with two attached hydrogens (primary N) is 1. The Morgan fingerprint density at radius 3 is 2.93 bits per heavy atom. The number of thioether (sulfide) groups is 1. The van der Waals surface area contributed by atoms with E-state index < -0.39 is 0 Å². The summed E-state index contributed by atoms with van der Waals surface area (Å²) in [5, 5.41) is 9.08. The zero-order valence-corrected chi connectivity index (χ0v) is 9.67. The molecule has 0 bridgehead atoms. The van der Waals surface area contributed by atoms with Crippen molar-refractivity contribution in [3.63, 3.8) is 0 Å². The third-order valence-electron chi connectivity index (χ3n) is 2.92. The molecule has 0 saturated heterocycles. The van der Waals surface area contributed by atoms with E-state index in [1.165, 1.54) is 31.4 Å². The third-order valence-corrected chi connectivity index (χ3v) is 4.17. The van der Waals surface area contributed by atoms with Gasteiger partial charge in [-0.3, -0.25) is 0 Å². The summed E-state index contributed by atoms with van der Waals surface area (Å²) >= 11 is 1.82. The second kappa shape index (κ2) is 5.47. The summed E-state index contributed by atoms with van der Waals surface area (Å²) < 4.78 is 0. The van der Waals surface area contributed by atoms with Crippen LogP contribution in [0.25, 0.3) is 0 Å². The molecule has 0 aromatic carbocycles. The third kappa shape index (κ3) is 2.92. The van der Waals surface area contributed by atoms with Crippen LogP contribution < -0.4 is 5.73 Å². The minimum Gasteiger partial charge on any atom is -0.326 e. The Morgan fingerprint density at radius 2 is 2.20 bits per heavy atom. The lowest BCUT2D eigenvalue weighted by atomic mass is 10.1. The van der Waals surface area contributed by atoms with Crippen molar-refractivity contribution in [2.45, 2.75) is 37.3 Å². The molecule has 1 aromatic heterocycles. The molecule has 1 aliphatic carbocycles. The zero-order chi connectivity index (χ0) is 10.5. The topological polar surface area (TPSA) is 51.8 Å². The van der Waals surface area contributed by atoms with Crippen molar-refractivity contribution in [2.75, 3.05) is 5.75 Å². The lowest BCUT2D eigenvalue weighted by molar-refractivity contribution is 0.622. The van der Waals surface area contributed by atoms with Gasteiger partial charge in [-0.1, -0.05) is 12.8 Å². The molecule has 2 rings (SSSR count). The molecule has 0 amide bonds. The molecule has 4 heteroatoms. The molecule has 3 nitrogen and oxygen atoms in total. The SMILES string of the molecule is NCc1ccnnc1SCC1CCCC1. The Labute approximate surface area is 94.9 Å². The maximum absolute atomic E-state index is 5.65. The molecule has 1 aliphatic rings. The Morgan fingerprint density at radius 1 is 1.40 bits per heavy atom. The van der Waals surface area contributed by atoms with Gasteiger partial charge in [0.05, 0.1) is 0 Å². The van der Waals surface area contributed by atoms with Crippen LogP contribution in [0.1, 0.15) is 31.2 Å². The predicted molar refractivity (Wildman–Crippen MR) is 62.6 cm³/mol. The molecule has 82 valence electrons. The second-order valence-corrected chi connectivity index (χ2v) is 5.04. The second-order valence-electron chi connectivity index (χ2n) is 4.03. The lowest BCUT2D eigenvalue weighted by Gasteiger charge is -2.09. The number of nitrogens with zero attached hydrogens (tertiary/aromatic N) is 2. The van der Waals surface area contributed by atoms with Gasteiger partial charge in [0.25, 0.3) is 0 Å². The van der Waals surface area contributed by atoms with Gasteiger partial charge in [-0.15, -0.1) is 16.9 Å². The van der Waals surface area contributed by atoms with Crippen molar-refractivity contribution in [3.05, 3.63) is 17.8 Å². The van der Waals surface area contributed by atoms with Crippen LogP contribution in [-0.4, -0.2) is 16.0 Å². The first-order valence-corrected chi connectivity index (χ1v) is 6.52. The normalized spacial score (nSPS) is 17.1. The van der Waals surface area contributed by atoms with Crippen LogP contribution in [0.15, 0.2) is 17.3 Å². The van der Waals surface area contributed by atoms with Crippen molar-refractivity contribution >= 4 is 11.8 Å². The van der Waals surface area contributed by atoms with Crippen molar-refractivity contribution in [3.8, 4) is 0 Å². The van der Waals surface area contributed by atoms with E-state index in [-0.39, 0.29) is 0 Å². The fraction of sp³-hybridized carbons (Fsp3) is 0.636. The van der Waals surface area contributed by atoms with Crippen molar-refractivity contribution in [1.82, 2.24) is 10.2 Å². The van der Waals surface area contributed by atoms with Crippen LogP contribution in [-0.2, 0) is 6.54 Å². The van der Waals surface area contributed by atoms with Gasteiger partial charge in [0.1, 0.15) is 5.03 Å². The van der Waals surface area contributed by atoms with Gasteiger partial charge in [-0.05, 0) is 24.8 Å². The monoisotopic (exact) mass is 223 g/mol. The van der Waals surface area contributed by atoms with E-state index in [2.05, 4.69) is 10.2 Å². The molecule has 1 aromatic rings. The first-order chi connectivity index (χ1) is 7.40. The van der Waals surface area contributed by atoms with E-state index in [9.17, 15) is 0 Å². The first-order valence-electron chi connectivity index (χ1n) is 5.53. The van der Waals surface area contributed by atoms with Gasteiger partial charge >= 0.3 is 0 Å². The molecule has 0 aliphatic heterocycles. The van der Waals surface area contributed by atoms with Crippen LogP contribution in [0.4, 0.5) is 0 Å². The Kier molecular flexibility index (Phi) is 3.97. The van der Waals surface area contributed by atoms with Gasteiger partial charge in [-0.25, -0.2) is 0 Å². The maximum Gasteiger partial charge on any atom is 0.123 e. The van der Waals surface area contributed by atoms with Gasteiger partial charge < -0.3 is 5.73 Å². The minimum absolute atomic E-state index is 0.558. The molecule has 1 fully saturated rings. The Hall–Kier alpha value is -0.610. The molecule has 0 unspecified atom stereocenters. The summed E-state index contributed by atoms with van der Waals surface area (Å²) in [4.78, 5) is 0. The largest absolute Gasteiger partial charge is 0.326 e. The quantitative estimate of drug-likeness (QED) is 0.795. The average Bonchev–Trinajstić information content (AvgIpc) is 2.79. The van der Waals surface area contributed by atoms with Crippen molar-refractivity contribution in [1.29, 1.82) is 0 Å². The minimum atomic E-state index is 0.558. The van der Waals surface area contributed by atoms with Crippen LogP contribution in [0.5, 0.6) is 0 Å². The van der Waals surface area contributed by atoms with E-state index in [1.807, 2.05) is 17.8 Å². The smallest absolute Gasteiger partial charge is 0.123 e. The number of rotatable bonds is 4. The summed E-state index contributed by atoms with van der Waals surface area (Å²) in [6, 6.07) is 1.96. The molecule has 1 heterocycles. The van der Waals surface area contributed by atoms with Crippen LogP contribution in [0.3, 0.4) is 0 Å². The van der Waals surface area contributed by atoms with Gasteiger partial charge in [0.2, 0.25) is 0 Å². The molecule has 0 spiro atoms. The van der Waals surface area contributed by atoms with Gasteiger partial charge in [0, 0.05) is 24.1 Å². The number of hydrogen-bond acceptors (Lipinski definition) is 4. The fourth-order valence-electron chi connectivity index (χ4n) is 2.00. The zero-order valence-electron chi connectivity index (χ0n) is 8.85. The molecule has 0 radical (unpaired) electrons. The van der Waals surface area contributed by atoms with Crippen molar-refractivity contribution in [2.24, 2.45) is 11.7 Å². The molecule has 1 saturated carbocycles. The van der Waals surface area contributed by atoms with E-state index >= 15 is 0 Å². The van der Waals surface area contributed by atoms with Crippen LogP contribution in [0, 0.1) is 5.92 Å². The average molecular weight is 223 g/mol. The first kappa shape index (κ1) is 10.9. The van der Waals surface area contributed by atoms with Crippen molar-refractivity contribution < 1.29 is 0 Å². The van der Waals surface area contributed by atoms with E-state index in [4.69, 9.17) is 5.73 Å². The highest BCUT2D eigenvalue weighted by Gasteiger charge is 2.16. The lowest BCUT2D eigenvalue weighted by Crippen LogP contribution is -2.03. The summed E-state index contributed by atoms with van der Waals surface area (Å²) in [6.45, 7) is 0.558. The van der Waals surface area contributed by atoms with E-state index in [0.717, 1.165) is 16.5 Å². The fourth-order valence-corrected chi connectivity index (χ4v) is 3.16.